The average Bonchev–Trinajstić information content (AvgIpc) is 2.52. The maximum atomic E-state index is 12.2. The van der Waals surface area contributed by atoms with Crippen molar-refractivity contribution in [2.24, 2.45) is 0 Å². The molecule has 0 unspecified atom stereocenters. The van der Waals surface area contributed by atoms with E-state index >= 15 is 0 Å². The van der Waals surface area contributed by atoms with Crippen molar-refractivity contribution in [1.82, 2.24) is 4.90 Å². The van der Waals surface area contributed by atoms with E-state index in [0.717, 1.165) is 13.1 Å². The van der Waals surface area contributed by atoms with Crippen molar-refractivity contribution in [3.63, 3.8) is 0 Å². The summed E-state index contributed by atoms with van der Waals surface area (Å²) in [6.07, 6.45) is 0.294. The molecule has 1 saturated heterocycles. The molecule has 0 atom stereocenters. The first-order valence-corrected chi connectivity index (χ1v) is 7.79. The lowest BCUT2D eigenvalue weighted by Gasteiger charge is -2.38. The number of non-ortho nitro benzene ring substituents is 1. The molecule has 1 aliphatic heterocycles. The fraction of sp³-hybridized carbons (Fsp3) is 0.562. The van der Waals surface area contributed by atoms with Crippen LogP contribution >= 0.6 is 0 Å². The Morgan fingerprint density at radius 1 is 1.50 bits per heavy atom. The van der Waals surface area contributed by atoms with Crippen molar-refractivity contribution in [1.29, 1.82) is 0 Å². The van der Waals surface area contributed by atoms with Gasteiger partial charge in [-0.25, -0.2) is 0 Å². The number of hydrogen-bond donors (Lipinski definition) is 1. The number of nitrogens with one attached hydrogen (secondary N) is 1. The zero-order valence-electron chi connectivity index (χ0n) is 14.2. The number of ether oxygens (including phenoxy) is 2. The van der Waals surface area contributed by atoms with Gasteiger partial charge in [-0.3, -0.25) is 19.8 Å². The second-order valence-electron chi connectivity index (χ2n) is 6.32. The van der Waals surface area contributed by atoms with Gasteiger partial charge in [0.25, 0.3) is 5.69 Å². The topological polar surface area (TPSA) is 93.9 Å². The molecule has 1 fully saturated rings. The van der Waals surface area contributed by atoms with E-state index in [1.165, 1.54) is 25.3 Å². The first-order valence-electron chi connectivity index (χ1n) is 7.79. The number of nitrogens with zero attached hydrogens (tertiary/aromatic N) is 2. The van der Waals surface area contributed by atoms with E-state index in [9.17, 15) is 14.9 Å². The van der Waals surface area contributed by atoms with Crippen LogP contribution in [0.4, 0.5) is 11.4 Å². The number of hydrogen-bond acceptors (Lipinski definition) is 6. The number of anilines is 1. The third kappa shape index (κ3) is 4.90. The van der Waals surface area contributed by atoms with Gasteiger partial charge in [-0.2, -0.15) is 0 Å². The predicted octanol–water partition coefficient (Wildman–Crippen LogP) is 2.04. The molecule has 1 heterocycles. The SMILES string of the molecule is COc1ccc([N+](=O)[O-])cc1NC(=O)CCN1CCOC(C)(C)C1. The summed E-state index contributed by atoms with van der Waals surface area (Å²) in [6, 6.07) is 4.11. The van der Waals surface area contributed by atoms with Gasteiger partial charge in [0.1, 0.15) is 5.75 Å². The minimum Gasteiger partial charge on any atom is -0.495 e. The van der Waals surface area contributed by atoms with E-state index in [-0.39, 0.29) is 17.2 Å². The molecule has 2 rings (SSSR count). The molecular weight excluding hydrogens is 314 g/mol. The summed E-state index contributed by atoms with van der Waals surface area (Å²) in [7, 11) is 1.45. The molecule has 0 aliphatic carbocycles. The lowest BCUT2D eigenvalue weighted by Crippen LogP contribution is -2.48. The number of rotatable bonds is 6. The van der Waals surface area contributed by atoms with Gasteiger partial charge in [-0.05, 0) is 19.9 Å². The molecule has 0 bridgehead atoms. The van der Waals surface area contributed by atoms with Gasteiger partial charge in [0.15, 0.2) is 0 Å². The van der Waals surface area contributed by atoms with Crippen molar-refractivity contribution < 1.29 is 19.2 Å². The van der Waals surface area contributed by atoms with E-state index in [2.05, 4.69) is 10.2 Å². The van der Waals surface area contributed by atoms with Gasteiger partial charge in [0.2, 0.25) is 5.91 Å². The van der Waals surface area contributed by atoms with Crippen LogP contribution in [0.25, 0.3) is 0 Å². The van der Waals surface area contributed by atoms with E-state index < -0.39 is 4.92 Å². The van der Waals surface area contributed by atoms with Crippen molar-refractivity contribution >= 4 is 17.3 Å². The second kappa shape index (κ2) is 7.59. The summed E-state index contributed by atoms with van der Waals surface area (Å²) < 4.78 is 10.8. The molecule has 8 heteroatoms. The predicted molar refractivity (Wildman–Crippen MR) is 89.4 cm³/mol. The van der Waals surface area contributed by atoms with Gasteiger partial charge in [-0.1, -0.05) is 0 Å². The number of carbonyl (C=O) groups is 1. The lowest BCUT2D eigenvalue weighted by atomic mass is 10.1. The lowest BCUT2D eigenvalue weighted by molar-refractivity contribution is -0.384. The molecular formula is C16H23N3O5. The summed E-state index contributed by atoms with van der Waals surface area (Å²) in [5.74, 6) is 0.180. The van der Waals surface area contributed by atoms with Crippen LogP contribution in [0.2, 0.25) is 0 Å². The Kier molecular flexibility index (Phi) is 5.74. The quantitative estimate of drug-likeness (QED) is 0.631. The van der Waals surface area contributed by atoms with Crippen LogP contribution in [0.15, 0.2) is 18.2 Å². The number of morpholine rings is 1. The number of carbonyl (C=O) groups excluding carboxylic acids is 1. The minimum atomic E-state index is -0.509. The molecule has 0 saturated carbocycles. The number of amides is 1. The van der Waals surface area contributed by atoms with Crippen molar-refractivity contribution in [3.05, 3.63) is 28.3 Å². The molecule has 1 aromatic rings. The van der Waals surface area contributed by atoms with Crippen LogP contribution in [0.5, 0.6) is 5.75 Å². The smallest absolute Gasteiger partial charge is 0.271 e. The number of benzene rings is 1. The average molecular weight is 337 g/mol. The molecule has 0 radical (unpaired) electrons. The van der Waals surface area contributed by atoms with E-state index in [0.29, 0.717) is 31.0 Å². The van der Waals surface area contributed by atoms with Crippen LogP contribution in [0, 0.1) is 10.1 Å². The Bertz CT molecular complexity index is 618. The van der Waals surface area contributed by atoms with Crippen LogP contribution in [0.1, 0.15) is 20.3 Å². The normalized spacial score (nSPS) is 17.3. The van der Waals surface area contributed by atoms with Gasteiger partial charge in [0.05, 0.1) is 29.9 Å². The Hall–Kier alpha value is -2.19. The molecule has 132 valence electrons. The van der Waals surface area contributed by atoms with Crippen molar-refractivity contribution in [2.45, 2.75) is 25.9 Å². The molecule has 1 aliphatic rings. The number of nitro groups is 1. The summed E-state index contributed by atoms with van der Waals surface area (Å²) in [5, 5.41) is 13.6. The molecule has 24 heavy (non-hydrogen) atoms. The maximum Gasteiger partial charge on any atom is 0.271 e. The Balaban J connectivity index is 1.94. The molecule has 1 N–H and O–H groups in total. The standard InChI is InChI=1S/C16H23N3O5/c1-16(2)11-18(8-9-24-16)7-6-15(20)17-13-10-12(19(21)22)4-5-14(13)23-3/h4-5,10H,6-9,11H2,1-3H3,(H,17,20). The fourth-order valence-corrected chi connectivity index (χ4v) is 2.68. The molecule has 8 nitrogen and oxygen atoms in total. The van der Waals surface area contributed by atoms with Crippen molar-refractivity contribution in [3.8, 4) is 5.75 Å². The highest BCUT2D eigenvalue weighted by molar-refractivity contribution is 5.92. The van der Waals surface area contributed by atoms with E-state index in [4.69, 9.17) is 9.47 Å². The largest absolute Gasteiger partial charge is 0.495 e. The molecule has 0 spiro atoms. The van der Waals surface area contributed by atoms with Crippen LogP contribution in [-0.4, -0.2) is 54.7 Å². The monoisotopic (exact) mass is 337 g/mol. The highest BCUT2D eigenvalue weighted by atomic mass is 16.6. The van der Waals surface area contributed by atoms with Crippen LogP contribution in [0.3, 0.4) is 0 Å². The van der Waals surface area contributed by atoms with Gasteiger partial charge < -0.3 is 14.8 Å². The number of methoxy groups -OCH3 is 1. The molecule has 1 amide bonds. The Labute approximate surface area is 140 Å². The first kappa shape index (κ1) is 18.2. The summed E-state index contributed by atoms with van der Waals surface area (Å²) in [5.41, 5.74) is -0.00196. The zero-order chi connectivity index (χ0) is 17.7. The van der Waals surface area contributed by atoms with Gasteiger partial charge >= 0.3 is 0 Å². The molecule has 0 aromatic heterocycles. The highest BCUT2D eigenvalue weighted by Gasteiger charge is 2.27. The first-order chi connectivity index (χ1) is 11.3. The highest BCUT2D eigenvalue weighted by Crippen LogP contribution is 2.29. The second-order valence-corrected chi connectivity index (χ2v) is 6.32. The molecule has 1 aromatic carbocycles. The fourth-order valence-electron chi connectivity index (χ4n) is 2.68. The zero-order valence-corrected chi connectivity index (χ0v) is 14.2. The van der Waals surface area contributed by atoms with Crippen LogP contribution < -0.4 is 10.1 Å². The Morgan fingerprint density at radius 2 is 2.25 bits per heavy atom. The van der Waals surface area contributed by atoms with Crippen molar-refractivity contribution in [2.75, 3.05) is 38.7 Å². The van der Waals surface area contributed by atoms with Crippen LogP contribution in [-0.2, 0) is 9.53 Å². The van der Waals surface area contributed by atoms with Gasteiger partial charge in [0, 0.05) is 38.2 Å². The maximum absolute atomic E-state index is 12.2. The van der Waals surface area contributed by atoms with E-state index in [1.807, 2.05) is 13.8 Å². The van der Waals surface area contributed by atoms with Gasteiger partial charge in [-0.15, -0.1) is 0 Å². The Morgan fingerprint density at radius 3 is 2.88 bits per heavy atom. The third-order valence-electron chi connectivity index (χ3n) is 3.83. The number of nitro benzene ring substituents is 1. The minimum absolute atomic E-state index is 0.0963. The summed E-state index contributed by atoms with van der Waals surface area (Å²) in [4.78, 5) is 24.7. The summed E-state index contributed by atoms with van der Waals surface area (Å²) in [6.45, 7) is 6.85. The summed E-state index contributed by atoms with van der Waals surface area (Å²) >= 11 is 0. The third-order valence-corrected chi connectivity index (χ3v) is 3.83. The van der Waals surface area contributed by atoms with E-state index in [1.54, 1.807) is 0 Å².